The van der Waals surface area contributed by atoms with Gasteiger partial charge in [0, 0.05) is 12.6 Å². The summed E-state index contributed by atoms with van der Waals surface area (Å²) in [6.07, 6.45) is 6.42. The molecular weight excluding hydrogens is 276 g/mol. The van der Waals surface area contributed by atoms with Crippen molar-refractivity contribution in [2.24, 2.45) is 0 Å². The minimum Gasteiger partial charge on any atom is -0.427 e. The van der Waals surface area contributed by atoms with Gasteiger partial charge in [-0.1, -0.05) is 4.85 Å². The summed E-state index contributed by atoms with van der Waals surface area (Å²) in [6, 6.07) is 0. The Morgan fingerprint density at radius 2 is 1.90 bits per heavy atom. The van der Waals surface area contributed by atoms with E-state index in [4.69, 9.17) is 10.4 Å². The lowest BCUT2D eigenvalue weighted by molar-refractivity contribution is -0.118. The number of rotatable bonds is 0. The third kappa shape index (κ3) is 6.76. The van der Waals surface area contributed by atoms with Gasteiger partial charge in [0.1, 0.15) is 6.33 Å². The number of amides is 1. The summed E-state index contributed by atoms with van der Waals surface area (Å²) in [5, 5.41) is 22.9. The zero-order valence-corrected chi connectivity index (χ0v) is 12.1. The predicted octanol–water partition coefficient (Wildman–Crippen LogP) is 0.663. The van der Waals surface area contributed by atoms with Crippen LogP contribution in [0.5, 0.6) is 0 Å². The Balaban J connectivity index is 0.000000157. The van der Waals surface area contributed by atoms with Crippen LogP contribution in [0.1, 0.15) is 24.9 Å². The fraction of sp³-hybridized carbons (Fsp3) is 0.333. The van der Waals surface area contributed by atoms with E-state index < -0.39 is 0 Å². The van der Waals surface area contributed by atoms with Crippen molar-refractivity contribution in [3.63, 3.8) is 0 Å². The van der Waals surface area contributed by atoms with Gasteiger partial charge in [-0.15, -0.1) is 5.10 Å². The van der Waals surface area contributed by atoms with Crippen LogP contribution >= 0.6 is 0 Å². The van der Waals surface area contributed by atoms with Crippen LogP contribution in [-0.4, -0.2) is 41.0 Å². The number of carbonyl (C=O) groups is 1. The van der Waals surface area contributed by atoms with Gasteiger partial charge in [-0.2, -0.15) is 4.73 Å². The van der Waals surface area contributed by atoms with Gasteiger partial charge in [-0.25, -0.2) is 9.97 Å². The van der Waals surface area contributed by atoms with Crippen LogP contribution in [0.3, 0.4) is 0 Å². The first-order valence-corrected chi connectivity index (χ1v) is 6.09. The van der Waals surface area contributed by atoms with Crippen molar-refractivity contribution >= 4 is 5.91 Å². The molecule has 0 radical (unpaired) electrons. The number of aryl methyl sites for hydroxylation is 2. The smallest absolute Gasteiger partial charge is 0.228 e. The molecule has 3 rings (SSSR count). The highest BCUT2D eigenvalue weighted by molar-refractivity contribution is 5.82. The summed E-state index contributed by atoms with van der Waals surface area (Å²) in [5.41, 5.74) is 1.94. The van der Waals surface area contributed by atoms with E-state index in [1.54, 1.807) is 13.1 Å². The molecule has 0 saturated heterocycles. The monoisotopic (exact) mass is 294 g/mol. The first-order chi connectivity index (χ1) is 9.86. The Labute approximate surface area is 121 Å². The van der Waals surface area contributed by atoms with E-state index in [0.29, 0.717) is 17.1 Å². The molecule has 0 bridgehead atoms. The van der Waals surface area contributed by atoms with Crippen molar-refractivity contribution in [1.82, 2.24) is 30.0 Å². The summed E-state index contributed by atoms with van der Waals surface area (Å²) >= 11 is 0. The van der Waals surface area contributed by atoms with Crippen molar-refractivity contribution in [1.29, 1.82) is 0 Å². The van der Waals surface area contributed by atoms with Gasteiger partial charge in [0.15, 0.2) is 12.2 Å². The molecule has 2 aromatic rings. The molecule has 3 N–H and O–H groups in total. The molecule has 1 aliphatic heterocycles. The molecule has 3 heterocycles. The van der Waals surface area contributed by atoms with Crippen LogP contribution in [0.25, 0.3) is 0 Å². The summed E-state index contributed by atoms with van der Waals surface area (Å²) < 4.78 is 0.926. The zero-order valence-electron chi connectivity index (χ0n) is 12.1. The fourth-order valence-corrected chi connectivity index (χ4v) is 1.30. The largest absolute Gasteiger partial charge is 0.427 e. The molecule has 0 saturated carbocycles. The van der Waals surface area contributed by atoms with E-state index in [9.17, 15) is 4.79 Å². The summed E-state index contributed by atoms with van der Waals surface area (Å²) in [4.78, 5) is 18.3. The van der Waals surface area contributed by atoms with Gasteiger partial charge in [0.25, 0.3) is 0 Å². The van der Waals surface area contributed by atoms with E-state index in [2.05, 4.69) is 20.4 Å². The number of hydrogen-bond donors (Lipinski definition) is 3. The van der Waals surface area contributed by atoms with Gasteiger partial charge < -0.3 is 15.7 Å². The van der Waals surface area contributed by atoms with E-state index in [1.807, 2.05) is 13.8 Å². The molecule has 2 aromatic heterocycles. The van der Waals surface area contributed by atoms with Crippen LogP contribution in [0.15, 0.2) is 30.6 Å². The second-order valence-corrected chi connectivity index (χ2v) is 4.34. The van der Waals surface area contributed by atoms with Crippen LogP contribution in [0.2, 0.25) is 0 Å². The fourth-order valence-electron chi connectivity index (χ4n) is 1.30. The average molecular weight is 294 g/mol. The number of aromatic nitrogens is 5. The van der Waals surface area contributed by atoms with Crippen molar-refractivity contribution in [2.45, 2.75) is 27.2 Å². The van der Waals surface area contributed by atoms with Crippen molar-refractivity contribution < 1.29 is 15.2 Å². The zero-order chi connectivity index (χ0) is 15.8. The quantitative estimate of drug-likeness (QED) is 0.614. The van der Waals surface area contributed by atoms with E-state index in [0.717, 1.165) is 16.0 Å². The highest BCUT2D eigenvalue weighted by Gasteiger charge is 2.05. The second-order valence-electron chi connectivity index (χ2n) is 4.34. The van der Waals surface area contributed by atoms with Gasteiger partial charge in [0.05, 0.1) is 11.9 Å². The van der Waals surface area contributed by atoms with Gasteiger partial charge in [-0.3, -0.25) is 4.79 Å². The Bertz CT molecular complexity index is 545. The summed E-state index contributed by atoms with van der Waals surface area (Å²) in [6.45, 7) is 5.44. The molecule has 0 atom stereocenters. The van der Waals surface area contributed by atoms with Gasteiger partial charge in [-0.05, 0) is 26.3 Å². The van der Waals surface area contributed by atoms with Crippen LogP contribution in [0, 0.1) is 13.8 Å². The minimum atomic E-state index is 0.109. The molecule has 0 aromatic carbocycles. The Hall–Kier alpha value is -2.84. The first-order valence-electron chi connectivity index (χ1n) is 6.09. The maximum absolute atomic E-state index is 10.3. The molecule has 9 nitrogen and oxygen atoms in total. The lowest BCUT2D eigenvalue weighted by Crippen LogP contribution is -2.08. The highest BCUT2D eigenvalue weighted by atomic mass is 16.5. The standard InChI is InChI=1S/C5H7NO.C4H6N2O.C3H5N3O/c1-4-2-5(7)6-3-4;1-4-2-6(7)3-5-4;1-3-4-2-6(7)5-3/h3H,2H2,1H3,(H,6,7);2-3,7H,1H3;2,7H,1H3. The van der Waals surface area contributed by atoms with E-state index >= 15 is 0 Å². The molecule has 1 aliphatic rings. The normalized spacial score (nSPS) is 12.5. The number of nitrogens with zero attached hydrogens (tertiary/aromatic N) is 5. The minimum absolute atomic E-state index is 0.109. The average Bonchev–Trinajstić information content (AvgIpc) is 3.06. The van der Waals surface area contributed by atoms with Crippen molar-refractivity contribution in [3.05, 3.63) is 42.1 Å². The van der Waals surface area contributed by atoms with Crippen molar-refractivity contribution in [2.75, 3.05) is 0 Å². The molecule has 0 unspecified atom stereocenters. The Kier molecular flexibility index (Phi) is 5.93. The molecule has 1 amide bonds. The lowest BCUT2D eigenvalue weighted by Gasteiger charge is -1.80. The number of carbonyl (C=O) groups excluding carboxylic acids is 1. The van der Waals surface area contributed by atoms with Crippen LogP contribution in [0.4, 0.5) is 0 Å². The van der Waals surface area contributed by atoms with Gasteiger partial charge >= 0.3 is 0 Å². The number of nitrogens with one attached hydrogen (secondary N) is 1. The van der Waals surface area contributed by atoms with E-state index in [1.165, 1.54) is 18.9 Å². The molecule has 9 heteroatoms. The molecule has 0 aliphatic carbocycles. The maximum Gasteiger partial charge on any atom is 0.228 e. The molecule has 0 spiro atoms. The maximum atomic E-state index is 10.3. The second kappa shape index (κ2) is 7.68. The Morgan fingerprint density at radius 3 is 2.05 bits per heavy atom. The topological polar surface area (TPSA) is 118 Å². The SMILES string of the molecule is CC1=CNC(=O)C1.Cc1cn(O)cn1.Cc1ncn(O)n1. The van der Waals surface area contributed by atoms with Crippen LogP contribution < -0.4 is 5.32 Å². The molecule has 114 valence electrons. The first kappa shape index (κ1) is 16.2. The molecular formula is C12H18N6O3. The van der Waals surface area contributed by atoms with Gasteiger partial charge in [0.2, 0.25) is 5.91 Å². The number of hydrogen-bond acceptors (Lipinski definition) is 6. The van der Waals surface area contributed by atoms with E-state index in [-0.39, 0.29) is 5.91 Å². The lowest BCUT2D eigenvalue weighted by atomic mass is 10.3. The third-order valence-corrected chi connectivity index (χ3v) is 2.21. The van der Waals surface area contributed by atoms with Crippen LogP contribution in [-0.2, 0) is 4.79 Å². The molecule has 21 heavy (non-hydrogen) atoms. The van der Waals surface area contributed by atoms with Crippen molar-refractivity contribution in [3.8, 4) is 0 Å². The number of imidazole rings is 1. The Morgan fingerprint density at radius 1 is 1.19 bits per heavy atom. The third-order valence-electron chi connectivity index (χ3n) is 2.21. The summed E-state index contributed by atoms with van der Waals surface area (Å²) in [5.74, 6) is 0.681. The molecule has 0 fully saturated rings. The highest BCUT2D eigenvalue weighted by Crippen LogP contribution is 2.02. The summed E-state index contributed by atoms with van der Waals surface area (Å²) in [7, 11) is 0. The predicted molar refractivity (Wildman–Crippen MR) is 72.6 cm³/mol.